The van der Waals surface area contributed by atoms with Gasteiger partial charge in [0.2, 0.25) is 0 Å². The normalized spacial score (nSPS) is 11.1. The molecular weight excluding hydrogens is 335 g/mol. The zero-order valence-electron chi connectivity index (χ0n) is 13.2. The van der Waals surface area contributed by atoms with Crippen LogP contribution in [-0.2, 0) is 21.5 Å². The van der Waals surface area contributed by atoms with Crippen molar-refractivity contribution in [1.29, 1.82) is 0 Å². The predicted molar refractivity (Wildman–Crippen MR) is 87.7 cm³/mol. The molecule has 0 aliphatic rings. The van der Waals surface area contributed by atoms with Gasteiger partial charge in [-0.05, 0) is 55.4 Å². The highest BCUT2D eigenvalue weighted by molar-refractivity contribution is 7.92. The van der Waals surface area contributed by atoms with Gasteiger partial charge in [-0.3, -0.25) is 4.72 Å². The van der Waals surface area contributed by atoms with Crippen molar-refractivity contribution in [3.05, 3.63) is 59.2 Å². The first-order chi connectivity index (χ1) is 11.4. The molecule has 8 heteroatoms. The van der Waals surface area contributed by atoms with Gasteiger partial charge in [0.1, 0.15) is 0 Å². The Morgan fingerprint density at radius 3 is 2.38 bits per heavy atom. The Bertz CT molecular complexity index is 836. The summed E-state index contributed by atoms with van der Waals surface area (Å²) in [5.74, 6) is -1.12. The van der Waals surface area contributed by atoms with E-state index in [1.165, 1.54) is 30.3 Å². The van der Waals surface area contributed by atoms with E-state index in [1.54, 1.807) is 26.1 Å². The maximum atomic E-state index is 12.4. The van der Waals surface area contributed by atoms with E-state index in [9.17, 15) is 17.7 Å². The van der Waals surface area contributed by atoms with Gasteiger partial charge in [0, 0.05) is 16.8 Å². The third-order valence-electron chi connectivity index (χ3n) is 3.38. The van der Waals surface area contributed by atoms with Crippen LogP contribution >= 0.6 is 0 Å². The Hall–Kier alpha value is -2.45. The third-order valence-corrected chi connectivity index (χ3v) is 4.78. The Morgan fingerprint density at radius 2 is 1.83 bits per heavy atom. The average Bonchev–Trinajstić information content (AvgIpc) is 2.55. The molecular formula is C16H17FN2O4S. The molecule has 2 rings (SSSR count). The summed E-state index contributed by atoms with van der Waals surface area (Å²) in [5, 5.41) is 2.98. The Balaban J connectivity index is 2.22. The van der Waals surface area contributed by atoms with Gasteiger partial charge >= 0.3 is 5.97 Å². The summed E-state index contributed by atoms with van der Waals surface area (Å²) in [7, 11) is -1.96. The molecule has 0 aromatic heterocycles. The maximum Gasteiger partial charge on any atom is 0.379 e. The van der Waals surface area contributed by atoms with E-state index in [4.69, 9.17) is 0 Å². The molecule has 24 heavy (non-hydrogen) atoms. The van der Waals surface area contributed by atoms with E-state index in [1.807, 2.05) is 0 Å². The van der Waals surface area contributed by atoms with E-state index < -0.39 is 16.0 Å². The minimum atomic E-state index is -3.76. The SMILES string of the molecule is CNCc1ccc(S(=O)(=O)Nc2ccc(C(=O)OF)c(C)c2)cc1. The number of halogens is 1. The van der Waals surface area contributed by atoms with Crippen molar-refractivity contribution >= 4 is 21.7 Å². The highest BCUT2D eigenvalue weighted by Crippen LogP contribution is 2.20. The van der Waals surface area contributed by atoms with E-state index in [2.05, 4.69) is 15.0 Å². The van der Waals surface area contributed by atoms with Crippen molar-refractivity contribution in [3.63, 3.8) is 0 Å². The van der Waals surface area contributed by atoms with Gasteiger partial charge < -0.3 is 5.32 Å². The van der Waals surface area contributed by atoms with Crippen LogP contribution in [0.25, 0.3) is 0 Å². The van der Waals surface area contributed by atoms with Crippen molar-refractivity contribution in [2.75, 3.05) is 11.8 Å². The molecule has 128 valence electrons. The number of benzene rings is 2. The number of rotatable bonds is 6. The first-order valence-corrected chi connectivity index (χ1v) is 8.55. The monoisotopic (exact) mass is 352 g/mol. The van der Waals surface area contributed by atoms with E-state index in [-0.39, 0.29) is 16.1 Å². The van der Waals surface area contributed by atoms with Crippen LogP contribution in [0.15, 0.2) is 47.4 Å². The second-order valence-corrected chi connectivity index (χ2v) is 6.86. The first-order valence-electron chi connectivity index (χ1n) is 7.07. The second-order valence-electron chi connectivity index (χ2n) is 5.17. The van der Waals surface area contributed by atoms with Crippen molar-refractivity contribution in [2.24, 2.45) is 0 Å². The molecule has 2 aromatic rings. The van der Waals surface area contributed by atoms with Gasteiger partial charge in [-0.25, -0.2) is 18.2 Å². The number of nitrogens with one attached hydrogen (secondary N) is 2. The van der Waals surface area contributed by atoms with Gasteiger partial charge in [-0.1, -0.05) is 12.1 Å². The van der Waals surface area contributed by atoms with Gasteiger partial charge in [-0.2, -0.15) is 0 Å². The lowest BCUT2D eigenvalue weighted by Crippen LogP contribution is -2.14. The minimum absolute atomic E-state index is 0.0249. The predicted octanol–water partition coefficient (Wildman–Crippen LogP) is 2.56. The molecule has 0 fully saturated rings. The second kappa shape index (κ2) is 7.41. The third kappa shape index (κ3) is 4.09. The van der Waals surface area contributed by atoms with Gasteiger partial charge in [0.15, 0.2) is 0 Å². The highest BCUT2D eigenvalue weighted by atomic mass is 32.2. The molecule has 0 saturated heterocycles. The molecule has 2 aromatic carbocycles. The Kier molecular flexibility index (Phi) is 5.53. The van der Waals surface area contributed by atoms with Crippen LogP contribution in [0.4, 0.5) is 10.2 Å². The molecule has 0 amide bonds. The lowest BCUT2D eigenvalue weighted by molar-refractivity contribution is -0.0788. The summed E-state index contributed by atoms with van der Waals surface area (Å²) in [5.41, 5.74) is 1.64. The smallest absolute Gasteiger partial charge is 0.316 e. The molecule has 0 radical (unpaired) electrons. The highest BCUT2D eigenvalue weighted by Gasteiger charge is 2.16. The van der Waals surface area contributed by atoms with Gasteiger partial charge in [-0.15, -0.1) is 0 Å². The van der Waals surface area contributed by atoms with Crippen molar-refractivity contribution in [2.45, 2.75) is 18.4 Å². The zero-order chi connectivity index (χ0) is 17.7. The number of sulfonamides is 1. The number of carbonyl (C=O) groups excluding carboxylic acids is 1. The average molecular weight is 352 g/mol. The topological polar surface area (TPSA) is 84.5 Å². The van der Waals surface area contributed by atoms with Crippen LogP contribution in [-0.4, -0.2) is 21.4 Å². The molecule has 0 spiro atoms. The Labute approximate surface area is 139 Å². The largest absolute Gasteiger partial charge is 0.379 e. The van der Waals surface area contributed by atoms with E-state index in [0.717, 1.165) is 5.56 Å². The fourth-order valence-corrected chi connectivity index (χ4v) is 3.25. The molecule has 0 saturated carbocycles. The summed E-state index contributed by atoms with van der Waals surface area (Å²) in [4.78, 5) is 14.5. The van der Waals surface area contributed by atoms with Crippen LogP contribution in [0, 0.1) is 6.92 Å². The summed E-state index contributed by atoms with van der Waals surface area (Å²) >= 11 is 0. The van der Waals surface area contributed by atoms with Crippen molar-refractivity contribution in [3.8, 4) is 0 Å². The van der Waals surface area contributed by atoms with Crippen LogP contribution in [0.5, 0.6) is 0 Å². The van der Waals surface area contributed by atoms with Crippen molar-refractivity contribution in [1.82, 2.24) is 5.32 Å². The Morgan fingerprint density at radius 1 is 1.17 bits per heavy atom. The maximum absolute atomic E-state index is 12.4. The van der Waals surface area contributed by atoms with Crippen LogP contribution < -0.4 is 10.0 Å². The molecule has 6 nitrogen and oxygen atoms in total. The molecule has 0 bridgehead atoms. The van der Waals surface area contributed by atoms with Crippen LogP contribution in [0.3, 0.4) is 0 Å². The lowest BCUT2D eigenvalue weighted by Gasteiger charge is -2.10. The van der Waals surface area contributed by atoms with Gasteiger partial charge in [0.25, 0.3) is 10.0 Å². The van der Waals surface area contributed by atoms with Crippen LogP contribution in [0.1, 0.15) is 21.5 Å². The molecule has 0 heterocycles. The van der Waals surface area contributed by atoms with E-state index in [0.29, 0.717) is 12.1 Å². The summed E-state index contributed by atoms with van der Waals surface area (Å²) < 4.78 is 39.1. The standard InChI is InChI=1S/C16H17FN2O4S/c1-11-9-13(5-8-15(11)16(20)23-17)19-24(21,22)14-6-3-12(4-7-14)10-18-2/h3-9,18-19H,10H2,1-2H3. The summed E-state index contributed by atoms with van der Waals surface area (Å²) in [6, 6.07) is 10.6. The summed E-state index contributed by atoms with van der Waals surface area (Å²) in [6.45, 7) is 2.19. The number of anilines is 1. The molecule has 0 atom stereocenters. The zero-order valence-corrected chi connectivity index (χ0v) is 14.0. The molecule has 0 aliphatic heterocycles. The number of carbonyl (C=O) groups is 1. The van der Waals surface area contributed by atoms with Crippen molar-refractivity contribution < 1.29 is 22.7 Å². The fraction of sp³-hybridized carbons (Fsp3) is 0.188. The number of hydrogen-bond acceptors (Lipinski definition) is 5. The summed E-state index contributed by atoms with van der Waals surface area (Å²) in [6.07, 6.45) is 0. The number of aryl methyl sites for hydroxylation is 1. The molecule has 0 unspecified atom stereocenters. The van der Waals surface area contributed by atoms with Crippen LogP contribution in [0.2, 0.25) is 0 Å². The minimum Gasteiger partial charge on any atom is -0.316 e. The van der Waals surface area contributed by atoms with E-state index >= 15 is 0 Å². The quantitative estimate of drug-likeness (QED) is 0.835. The van der Waals surface area contributed by atoms with Gasteiger partial charge in [0.05, 0.1) is 10.5 Å². The fourth-order valence-electron chi connectivity index (χ4n) is 2.20. The lowest BCUT2D eigenvalue weighted by atomic mass is 10.1. The number of hydrogen-bond donors (Lipinski definition) is 2. The molecule has 2 N–H and O–H groups in total. The first kappa shape index (κ1) is 17.9. The molecule has 0 aliphatic carbocycles.